The van der Waals surface area contributed by atoms with Gasteiger partial charge in [-0.15, -0.1) is 11.3 Å². The lowest BCUT2D eigenvalue weighted by atomic mass is 9.95. The summed E-state index contributed by atoms with van der Waals surface area (Å²) >= 11 is 1.48. The Morgan fingerprint density at radius 2 is 1.77 bits per heavy atom. The molecular weight excluding hydrogens is 528 g/mol. The second-order valence-corrected chi connectivity index (χ2v) is 11.6. The molecule has 10 heteroatoms. The molecule has 4 N–H and O–H groups in total. The van der Waals surface area contributed by atoms with Crippen molar-refractivity contribution >= 4 is 39.8 Å². The summed E-state index contributed by atoms with van der Waals surface area (Å²) in [7, 11) is 2.15. The highest BCUT2D eigenvalue weighted by atomic mass is 32.1. The van der Waals surface area contributed by atoms with Crippen LogP contribution < -0.4 is 10.2 Å². The lowest BCUT2D eigenvalue weighted by Crippen LogP contribution is -2.59. The highest BCUT2D eigenvalue weighted by Crippen LogP contribution is 2.33. The monoisotopic (exact) mass is 562 g/mol. The summed E-state index contributed by atoms with van der Waals surface area (Å²) in [5.74, 6) is -0.608. The van der Waals surface area contributed by atoms with Crippen LogP contribution in [0.2, 0.25) is 0 Å². The van der Waals surface area contributed by atoms with Crippen LogP contribution in [-0.4, -0.2) is 96.4 Å². The highest BCUT2D eigenvalue weighted by molar-refractivity contribution is 7.16. The van der Waals surface area contributed by atoms with E-state index in [0.717, 1.165) is 46.9 Å². The molecule has 0 aliphatic carbocycles. The molecule has 40 heavy (non-hydrogen) atoms. The van der Waals surface area contributed by atoms with Crippen LogP contribution >= 0.6 is 11.3 Å². The van der Waals surface area contributed by atoms with E-state index in [1.807, 2.05) is 18.2 Å². The second kappa shape index (κ2) is 12.1. The van der Waals surface area contributed by atoms with Gasteiger partial charge in [0.25, 0.3) is 5.91 Å². The molecule has 3 aromatic rings. The van der Waals surface area contributed by atoms with E-state index >= 15 is 0 Å². The maximum atomic E-state index is 12.7. The number of carbonyl (C=O) groups is 1. The summed E-state index contributed by atoms with van der Waals surface area (Å²) in [5.41, 5.74) is 2.22. The Bertz CT molecular complexity index is 1440. The number of aliphatic hydroxyl groups excluding tert-OH is 3. The number of benzene rings is 2. The number of hydrogen-bond acceptors (Lipinski definition) is 9. The summed E-state index contributed by atoms with van der Waals surface area (Å²) in [4.78, 5) is 19.2. The molecule has 2 saturated heterocycles. The van der Waals surface area contributed by atoms with E-state index in [9.17, 15) is 25.4 Å². The number of nitriles is 1. The minimum Gasteiger partial charge on any atom is -0.388 e. The number of rotatable bonds is 6. The number of carbonyl (C=O) groups excluding carboxylic acids is 1. The number of aliphatic hydroxyl groups is 3. The Balaban J connectivity index is 1.25. The first-order chi connectivity index (χ1) is 19.2. The van der Waals surface area contributed by atoms with Gasteiger partial charge in [-0.25, -0.2) is 0 Å². The summed E-state index contributed by atoms with van der Waals surface area (Å²) < 4.78 is 5.51. The molecule has 0 saturated carbocycles. The summed E-state index contributed by atoms with van der Waals surface area (Å²) in [6.07, 6.45) is -4.03. The number of amides is 1. The summed E-state index contributed by atoms with van der Waals surface area (Å²) in [6.45, 7) is 5.64. The van der Waals surface area contributed by atoms with Crippen molar-refractivity contribution in [2.75, 3.05) is 44.7 Å². The van der Waals surface area contributed by atoms with Gasteiger partial charge in [-0.3, -0.25) is 4.79 Å². The van der Waals surface area contributed by atoms with Crippen LogP contribution in [0.25, 0.3) is 27.3 Å². The van der Waals surface area contributed by atoms with E-state index in [1.54, 1.807) is 6.92 Å². The zero-order valence-electron chi connectivity index (χ0n) is 22.5. The van der Waals surface area contributed by atoms with Crippen molar-refractivity contribution in [3.05, 3.63) is 59.0 Å². The number of fused-ring (bicyclic) bond motifs is 1. The van der Waals surface area contributed by atoms with Gasteiger partial charge >= 0.3 is 0 Å². The Morgan fingerprint density at radius 1 is 1.05 bits per heavy atom. The number of piperazine rings is 1. The largest absolute Gasteiger partial charge is 0.388 e. The molecule has 5 rings (SSSR count). The lowest BCUT2D eigenvalue weighted by molar-refractivity contribution is -0.215. The Labute approximate surface area is 237 Å². The number of anilines is 1. The molecule has 0 spiro atoms. The number of ether oxygens (including phenoxy) is 1. The van der Waals surface area contributed by atoms with Crippen molar-refractivity contribution in [3.63, 3.8) is 0 Å². The van der Waals surface area contributed by atoms with Gasteiger partial charge < -0.3 is 35.2 Å². The lowest BCUT2D eigenvalue weighted by Gasteiger charge is -2.39. The number of nitrogens with one attached hydrogen (secondary N) is 1. The van der Waals surface area contributed by atoms with E-state index in [4.69, 9.17) is 4.74 Å². The van der Waals surface area contributed by atoms with E-state index in [2.05, 4.69) is 58.6 Å². The Morgan fingerprint density at radius 3 is 2.52 bits per heavy atom. The third kappa shape index (κ3) is 6.05. The standard InChI is InChI=1S/C30H34N4O5S/c1-18-27(35)29(37)28(36)25(39-18)17-32-30(38)22(16-31)15-24-7-8-26(40-24)21-4-3-20-14-23(6-5-19(20)13-21)34-11-9-33(2)10-12-34/h3-8,13-15,18,25,27-29,35-37H,9-12,17H2,1-2H3,(H,32,38)/b22-15+/t18?,25-,27+,28-,29-/m1/s1. The van der Waals surface area contributed by atoms with Crippen molar-refractivity contribution < 1.29 is 24.9 Å². The van der Waals surface area contributed by atoms with E-state index in [0.29, 0.717) is 0 Å². The maximum Gasteiger partial charge on any atom is 0.262 e. The van der Waals surface area contributed by atoms with Crippen LogP contribution in [0.5, 0.6) is 0 Å². The molecule has 210 valence electrons. The Kier molecular flexibility index (Phi) is 8.51. The second-order valence-electron chi connectivity index (χ2n) is 10.5. The van der Waals surface area contributed by atoms with Crippen molar-refractivity contribution in [1.29, 1.82) is 5.26 Å². The Hall–Kier alpha value is -3.30. The van der Waals surface area contributed by atoms with Gasteiger partial charge in [0, 0.05) is 48.2 Å². The molecule has 3 heterocycles. The molecule has 1 unspecified atom stereocenters. The fourth-order valence-electron chi connectivity index (χ4n) is 5.12. The first-order valence-electron chi connectivity index (χ1n) is 13.4. The number of hydrogen-bond donors (Lipinski definition) is 4. The third-order valence-electron chi connectivity index (χ3n) is 7.67. The van der Waals surface area contributed by atoms with Crippen molar-refractivity contribution in [2.24, 2.45) is 0 Å². The average Bonchev–Trinajstić information content (AvgIpc) is 3.44. The molecule has 0 bridgehead atoms. The predicted octanol–water partition coefficient (Wildman–Crippen LogP) is 2.21. The van der Waals surface area contributed by atoms with Crippen LogP contribution in [0.3, 0.4) is 0 Å². The molecule has 2 aliphatic rings. The molecule has 9 nitrogen and oxygen atoms in total. The van der Waals surface area contributed by atoms with Gasteiger partial charge in [-0.2, -0.15) is 5.26 Å². The van der Waals surface area contributed by atoms with Crippen LogP contribution in [0.1, 0.15) is 11.8 Å². The first-order valence-corrected chi connectivity index (χ1v) is 14.2. The smallest absolute Gasteiger partial charge is 0.262 e. The van der Waals surface area contributed by atoms with E-state index in [-0.39, 0.29) is 12.1 Å². The van der Waals surface area contributed by atoms with E-state index < -0.39 is 36.4 Å². The normalized spacial score (nSPS) is 26.1. The zero-order valence-corrected chi connectivity index (χ0v) is 23.3. The molecule has 2 aliphatic heterocycles. The van der Waals surface area contributed by atoms with Crippen molar-refractivity contribution in [2.45, 2.75) is 37.4 Å². The molecule has 5 atom stereocenters. The summed E-state index contributed by atoms with van der Waals surface area (Å²) in [5, 5.41) is 44.5. The molecular formula is C30H34N4O5S. The van der Waals surface area contributed by atoms with Gasteiger partial charge in [0.15, 0.2) is 0 Å². The topological polar surface area (TPSA) is 129 Å². The van der Waals surface area contributed by atoms with Crippen LogP contribution in [0.4, 0.5) is 5.69 Å². The van der Waals surface area contributed by atoms with Crippen LogP contribution in [-0.2, 0) is 9.53 Å². The predicted molar refractivity (Wildman–Crippen MR) is 156 cm³/mol. The van der Waals surface area contributed by atoms with Crippen molar-refractivity contribution in [1.82, 2.24) is 10.2 Å². The number of likely N-dealkylation sites (N-methyl/N-ethyl adjacent to an activating group) is 1. The molecule has 1 aromatic heterocycles. The van der Waals surface area contributed by atoms with Crippen LogP contribution in [0.15, 0.2) is 54.1 Å². The molecule has 0 radical (unpaired) electrons. The van der Waals surface area contributed by atoms with Gasteiger partial charge in [0.2, 0.25) is 0 Å². The molecule has 1 amide bonds. The fourth-order valence-corrected chi connectivity index (χ4v) is 6.07. The van der Waals surface area contributed by atoms with Gasteiger partial charge in [0.1, 0.15) is 36.1 Å². The summed E-state index contributed by atoms with van der Waals surface area (Å²) in [6, 6.07) is 18.7. The van der Waals surface area contributed by atoms with Crippen LogP contribution in [0, 0.1) is 11.3 Å². The van der Waals surface area contributed by atoms with Gasteiger partial charge in [-0.1, -0.05) is 18.2 Å². The van der Waals surface area contributed by atoms with Gasteiger partial charge in [0.05, 0.1) is 6.10 Å². The van der Waals surface area contributed by atoms with Crippen molar-refractivity contribution in [3.8, 4) is 16.5 Å². The maximum absolute atomic E-state index is 12.7. The fraction of sp³-hybridized carbons (Fsp3) is 0.400. The minimum atomic E-state index is -1.38. The SMILES string of the molecule is CC1O[C@H](CNC(=O)/C(C#N)=C/c2ccc(-c3ccc4cc(N5CCN(C)CC5)ccc4c3)s2)[C@@H](O)[C@H](O)[C@H]1O. The zero-order chi connectivity index (χ0) is 28.4. The number of nitrogens with zero attached hydrogens (tertiary/aromatic N) is 3. The van der Waals surface area contributed by atoms with E-state index in [1.165, 1.54) is 28.5 Å². The molecule has 2 fully saturated rings. The quantitative estimate of drug-likeness (QED) is 0.266. The third-order valence-corrected chi connectivity index (χ3v) is 8.75. The highest BCUT2D eigenvalue weighted by Gasteiger charge is 2.41. The number of thiophene rings is 1. The molecule has 2 aromatic carbocycles. The average molecular weight is 563 g/mol. The first kappa shape index (κ1) is 28.2. The minimum absolute atomic E-state index is 0.0812. The van der Waals surface area contributed by atoms with Gasteiger partial charge in [-0.05, 0) is 66.7 Å².